The molecule has 1 aliphatic heterocycles. The standard InChI is InChI=1S/C74H73N4O.Pt/c1-48(2)37-49-38-61(51-29-32-63-64(43-51)74(11,12)35-34-73(63,9)10)70(62(39-49)53-40-52(50-21-14-13-15-22-50)41-55(42-53)72(6,7)8)77-47-76(66-27-18-19-28-67(66)77)56-23-20-24-57(45-56)79-58-30-31-60-59-25-16-17-26-65(59)78(68(60)46-58)69-44-54(33-36-75-69)71(3,4)5;/h13-33,36,38-44,47-48H,34-35,37H2,1-12H3;/q-3;/i13D,14D,15D,21D,22D,40D,41D,42D;. The molecule has 3 heterocycles. The molecule has 80 heavy (non-hydrogen) atoms. The van der Waals surface area contributed by atoms with E-state index in [1.165, 1.54) is 16.7 Å². The van der Waals surface area contributed by atoms with Crippen molar-refractivity contribution in [3.8, 4) is 50.7 Å². The number of aromatic nitrogens is 2. The topological polar surface area (TPSA) is 33.5 Å². The predicted molar refractivity (Wildman–Crippen MR) is 332 cm³/mol. The molecule has 2 aromatic heterocycles. The average Bonchev–Trinajstić information content (AvgIpc) is 1.47. The minimum Gasteiger partial charge on any atom is -0.509 e. The second-order valence-electron chi connectivity index (χ2n) is 25.4. The maximum Gasteiger partial charge on any atom is 0.135 e. The first kappa shape index (κ1) is 45.5. The number of nitrogens with zero attached hydrogens (tertiary/aromatic N) is 4. The molecule has 0 N–H and O–H groups in total. The molecule has 0 fully saturated rings. The van der Waals surface area contributed by atoms with Crippen molar-refractivity contribution in [3.05, 3.63) is 222 Å². The monoisotopic (exact) mass is 1240 g/mol. The molecule has 0 radical (unpaired) electrons. The van der Waals surface area contributed by atoms with E-state index in [9.17, 15) is 6.85 Å². The van der Waals surface area contributed by atoms with Crippen molar-refractivity contribution < 1.29 is 36.8 Å². The number of hydrogen-bond donors (Lipinski definition) is 0. The Morgan fingerprint density at radius 1 is 0.625 bits per heavy atom. The fourth-order valence-corrected chi connectivity index (χ4v) is 11.6. The van der Waals surface area contributed by atoms with Gasteiger partial charge in [-0.3, -0.25) is 0 Å². The van der Waals surface area contributed by atoms with Crippen LogP contribution in [-0.2, 0) is 49.1 Å². The van der Waals surface area contributed by atoms with Crippen LogP contribution in [-0.4, -0.2) is 9.55 Å². The normalized spacial score (nSPS) is 16.2. The third-order valence-electron chi connectivity index (χ3n) is 16.0. The smallest absolute Gasteiger partial charge is 0.135 e. The van der Waals surface area contributed by atoms with Crippen LogP contribution < -0.4 is 14.5 Å². The van der Waals surface area contributed by atoms with Gasteiger partial charge in [0.2, 0.25) is 0 Å². The Morgan fingerprint density at radius 3 is 2.01 bits per heavy atom. The van der Waals surface area contributed by atoms with E-state index in [0.717, 1.165) is 68.5 Å². The third-order valence-corrected chi connectivity index (χ3v) is 16.0. The summed E-state index contributed by atoms with van der Waals surface area (Å²) in [6, 6.07) is 45.6. The summed E-state index contributed by atoms with van der Waals surface area (Å²) < 4.78 is 84.2. The molecular weight excluding hydrogens is 1160 g/mol. The van der Waals surface area contributed by atoms with Gasteiger partial charge in [-0.15, -0.1) is 48.1 Å². The van der Waals surface area contributed by atoms with E-state index in [1.54, 1.807) is 0 Å². The van der Waals surface area contributed by atoms with Gasteiger partial charge < -0.3 is 19.1 Å². The fraction of sp³-hybridized carbons (Fsp3) is 0.270. The van der Waals surface area contributed by atoms with Gasteiger partial charge >= 0.3 is 0 Å². The van der Waals surface area contributed by atoms with Crippen LogP contribution in [0.2, 0.25) is 0 Å². The zero-order valence-electron chi connectivity index (χ0n) is 55.9. The van der Waals surface area contributed by atoms with Gasteiger partial charge in [-0.2, -0.15) is 12.1 Å². The van der Waals surface area contributed by atoms with Crippen molar-refractivity contribution in [2.75, 3.05) is 9.80 Å². The Balaban J connectivity index is 0.00000800. The van der Waals surface area contributed by atoms with Gasteiger partial charge in [0.05, 0.1) is 11.0 Å². The molecule has 6 heteroatoms. The fourth-order valence-electron chi connectivity index (χ4n) is 11.6. The first-order chi connectivity index (χ1) is 41.0. The summed E-state index contributed by atoms with van der Waals surface area (Å²) in [7, 11) is 0. The second-order valence-corrected chi connectivity index (χ2v) is 25.4. The van der Waals surface area contributed by atoms with Crippen molar-refractivity contribution in [1.29, 1.82) is 0 Å². The summed E-state index contributed by atoms with van der Waals surface area (Å²) in [4.78, 5) is 9.09. The Bertz CT molecular complexity index is 4430. The van der Waals surface area contributed by atoms with Crippen LogP contribution in [0.1, 0.15) is 135 Å². The summed E-state index contributed by atoms with van der Waals surface area (Å²) in [5.41, 5.74) is 10.8. The molecule has 0 unspecified atom stereocenters. The predicted octanol–water partition coefficient (Wildman–Crippen LogP) is 20.1. The van der Waals surface area contributed by atoms with Crippen molar-refractivity contribution >= 4 is 44.6 Å². The third kappa shape index (κ3) is 10.2. The number of para-hydroxylation sites is 3. The van der Waals surface area contributed by atoms with Gasteiger partial charge in [-0.1, -0.05) is 179 Å². The van der Waals surface area contributed by atoms with E-state index in [0.29, 0.717) is 34.9 Å². The molecule has 0 spiro atoms. The van der Waals surface area contributed by atoms with E-state index in [2.05, 4.69) is 162 Å². The SMILES string of the molecule is [2H]c1c([2H])c([2H])c(-c2c([2H])c(-c3cc(CC(C)C)cc(-c4ccc5c(c4)C(C)(C)CCC5(C)C)c3N3[CH-]N(c4[c-]c(Oc5[c-]c6c(cc5)c5ccccc5n6-c5cc(C(C)(C)C)ccn5)ccc4)c4ccccc43)c([2H])c(C(C)(C)C)c2[2H])c([2H])c1[2H].[Pt]. The number of ether oxygens (including phenoxy) is 1. The van der Waals surface area contributed by atoms with Crippen LogP contribution in [0.25, 0.3) is 61.0 Å². The van der Waals surface area contributed by atoms with Gasteiger partial charge in [-0.25, -0.2) is 4.98 Å². The van der Waals surface area contributed by atoms with Crippen LogP contribution in [0.3, 0.4) is 0 Å². The molecular formula is C74H73N4OPt-3. The van der Waals surface area contributed by atoms with Gasteiger partial charge in [0, 0.05) is 72.5 Å². The summed E-state index contributed by atoms with van der Waals surface area (Å²) >= 11 is 0. The second kappa shape index (κ2) is 20.7. The molecule has 1 aliphatic carbocycles. The molecule has 0 saturated carbocycles. The van der Waals surface area contributed by atoms with Gasteiger partial charge in [0.25, 0.3) is 0 Å². The number of benzene rings is 8. The zero-order valence-corrected chi connectivity index (χ0v) is 50.2. The van der Waals surface area contributed by atoms with Crippen molar-refractivity contribution in [3.63, 3.8) is 0 Å². The van der Waals surface area contributed by atoms with E-state index in [1.807, 2.05) is 82.2 Å². The Labute approximate surface area is 501 Å². The van der Waals surface area contributed by atoms with Crippen molar-refractivity contribution in [2.45, 2.75) is 124 Å². The number of hydrogen-bond acceptors (Lipinski definition) is 4. The van der Waals surface area contributed by atoms with Crippen LogP contribution in [0.15, 0.2) is 176 Å². The Morgan fingerprint density at radius 2 is 1.29 bits per heavy atom. The first-order valence-electron chi connectivity index (χ1n) is 31.7. The van der Waals surface area contributed by atoms with E-state index in [4.69, 9.17) is 13.8 Å². The molecule has 2 aliphatic rings. The average molecular weight is 1240 g/mol. The number of pyridine rings is 1. The number of anilines is 4. The van der Waals surface area contributed by atoms with Gasteiger partial charge in [0.15, 0.2) is 0 Å². The zero-order chi connectivity index (χ0) is 62.1. The Kier molecular flexibility index (Phi) is 11.8. The molecule has 5 nitrogen and oxygen atoms in total. The maximum absolute atomic E-state index is 10.4. The van der Waals surface area contributed by atoms with Crippen LogP contribution in [0.4, 0.5) is 22.7 Å². The molecule has 12 rings (SSSR count). The Hall–Kier alpha value is -7.20. The summed E-state index contributed by atoms with van der Waals surface area (Å²) in [6.07, 6.45) is 4.58. The van der Waals surface area contributed by atoms with Crippen LogP contribution >= 0.6 is 0 Å². The molecule has 0 saturated heterocycles. The van der Waals surface area contributed by atoms with Crippen LogP contribution in [0, 0.1) is 24.7 Å². The molecule has 0 atom stereocenters. The molecule has 10 aromatic rings. The summed E-state index contributed by atoms with van der Waals surface area (Å²) in [5, 5.41) is 2.10. The van der Waals surface area contributed by atoms with Crippen molar-refractivity contribution in [1.82, 2.24) is 9.55 Å². The van der Waals surface area contributed by atoms with Gasteiger partial charge in [-0.05, 0) is 151 Å². The first-order valence-corrected chi connectivity index (χ1v) is 27.7. The van der Waals surface area contributed by atoms with E-state index in [-0.39, 0.29) is 83.6 Å². The molecule has 0 bridgehead atoms. The van der Waals surface area contributed by atoms with Gasteiger partial charge in [0.1, 0.15) is 5.82 Å². The summed E-state index contributed by atoms with van der Waals surface area (Å²) in [6.45, 7) is 28.0. The van der Waals surface area contributed by atoms with Crippen molar-refractivity contribution in [2.24, 2.45) is 5.92 Å². The molecule has 408 valence electrons. The number of fused-ring (bicyclic) bond motifs is 5. The molecule has 0 amide bonds. The maximum atomic E-state index is 10.4. The quantitative estimate of drug-likeness (QED) is 0.128. The summed E-state index contributed by atoms with van der Waals surface area (Å²) in [5.74, 6) is 1.96. The molecule has 8 aromatic carbocycles. The van der Waals surface area contributed by atoms with E-state index >= 15 is 0 Å². The van der Waals surface area contributed by atoms with E-state index < -0.39 is 35.6 Å². The number of rotatable bonds is 10. The minimum absolute atomic E-state index is 0. The minimum atomic E-state index is -0.864. The largest absolute Gasteiger partial charge is 0.509 e. The van der Waals surface area contributed by atoms with Crippen LogP contribution in [0.5, 0.6) is 11.5 Å².